The number of nitrogens with zero attached hydrogens (tertiary/aromatic N) is 4. The van der Waals surface area contributed by atoms with Crippen LogP contribution in [0.25, 0.3) is 17.0 Å². The van der Waals surface area contributed by atoms with Gasteiger partial charge in [0.05, 0.1) is 0 Å². The van der Waals surface area contributed by atoms with Crippen LogP contribution in [0, 0.1) is 0 Å². The highest BCUT2D eigenvalue weighted by Gasteiger charge is 2.31. The largest absolute Gasteiger partial charge is 0.573 e. The average molecular weight is 315 g/mol. The van der Waals surface area contributed by atoms with Crippen LogP contribution in [-0.4, -0.2) is 26.2 Å². The molecule has 3 aromatic rings. The Morgan fingerprint density at radius 1 is 1.00 bits per heavy atom. The number of ether oxygens (including phenoxy) is 1. The van der Waals surface area contributed by atoms with E-state index < -0.39 is 6.36 Å². The molecule has 0 atom stereocenters. The molecule has 21 heavy (non-hydrogen) atoms. The van der Waals surface area contributed by atoms with Crippen molar-refractivity contribution >= 4 is 17.2 Å². The molecular formula is C12H6ClF3N4O. The van der Waals surface area contributed by atoms with Crippen molar-refractivity contribution in [3.05, 3.63) is 41.6 Å². The predicted molar refractivity (Wildman–Crippen MR) is 67.9 cm³/mol. The lowest BCUT2D eigenvalue weighted by atomic mass is 10.2. The molecule has 9 heteroatoms. The number of hydrogen-bond acceptors (Lipinski definition) is 4. The van der Waals surface area contributed by atoms with E-state index in [1.165, 1.54) is 28.8 Å². The summed E-state index contributed by atoms with van der Waals surface area (Å²) < 4.78 is 41.5. The Labute approximate surface area is 120 Å². The predicted octanol–water partition coefficient (Wildman–Crippen LogP) is 3.34. The van der Waals surface area contributed by atoms with E-state index in [-0.39, 0.29) is 10.9 Å². The van der Waals surface area contributed by atoms with Crippen LogP contribution >= 0.6 is 11.6 Å². The van der Waals surface area contributed by atoms with Gasteiger partial charge in [0.25, 0.3) is 0 Å². The van der Waals surface area contributed by atoms with Crippen LogP contribution in [0.3, 0.4) is 0 Å². The molecule has 0 aliphatic carbocycles. The molecule has 1 aromatic carbocycles. The van der Waals surface area contributed by atoms with Gasteiger partial charge in [-0.1, -0.05) is 11.6 Å². The number of hydrogen-bond donors (Lipinski definition) is 0. The number of aromatic nitrogens is 4. The fourth-order valence-electron chi connectivity index (χ4n) is 1.75. The van der Waals surface area contributed by atoms with Gasteiger partial charge < -0.3 is 4.74 Å². The first-order chi connectivity index (χ1) is 9.92. The number of rotatable bonds is 2. The molecule has 0 amide bonds. The Kier molecular flexibility index (Phi) is 3.17. The first kappa shape index (κ1) is 13.6. The van der Waals surface area contributed by atoms with Gasteiger partial charge in [-0.05, 0) is 36.4 Å². The van der Waals surface area contributed by atoms with Crippen molar-refractivity contribution in [1.29, 1.82) is 0 Å². The van der Waals surface area contributed by atoms with Crippen LogP contribution in [0.5, 0.6) is 5.75 Å². The SMILES string of the molecule is FC(F)(F)Oc1ccc(-c2nnc3ccc(Cl)nn23)cc1. The smallest absolute Gasteiger partial charge is 0.406 e. The Hall–Kier alpha value is -2.35. The minimum atomic E-state index is -4.72. The van der Waals surface area contributed by atoms with Gasteiger partial charge in [-0.2, -0.15) is 9.61 Å². The van der Waals surface area contributed by atoms with Crippen LogP contribution < -0.4 is 4.74 Å². The second kappa shape index (κ2) is 4.88. The van der Waals surface area contributed by atoms with E-state index in [1.807, 2.05) is 0 Å². The molecule has 0 spiro atoms. The summed E-state index contributed by atoms with van der Waals surface area (Å²) in [5.41, 5.74) is 1.01. The Bertz CT molecular complexity index is 785. The summed E-state index contributed by atoms with van der Waals surface area (Å²) >= 11 is 5.80. The quantitative estimate of drug-likeness (QED) is 0.728. The van der Waals surface area contributed by atoms with E-state index in [2.05, 4.69) is 20.0 Å². The van der Waals surface area contributed by atoms with Gasteiger partial charge in [0.1, 0.15) is 10.9 Å². The third-order valence-corrected chi connectivity index (χ3v) is 2.78. The maximum atomic E-state index is 12.1. The van der Waals surface area contributed by atoms with E-state index in [0.717, 1.165) is 0 Å². The van der Waals surface area contributed by atoms with E-state index in [0.29, 0.717) is 17.0 Å². The molecule has 0 saturated carbocycles. The molecular weight excluding hydrogens is 309 g/mol. The highest BCUT2D eigenvalue weighted by atomic mass is 35.5. The van der Waals surface area contributed by atoms with Crippen molar-refractivity contribution in [3.63, 3.8) is 0 Å². The first-order valence-corrected chi connectivity index (χ1v) is 6.04. The topological polar surface area (TPSA) is 52.3 Å². The summed E-state index contributed by atoms with van der Waals surface area (Å²) in [6, 6.07) is 8.44. The minimum absolute atomic E-state index is 0.251. The molecule has 0 aliphatic heterocycles. The van der Waals surface area contributed by atoms with Gasteiger partial charge in [0.2, 0.25) is 0 Å². The van der Waals surface area contributed by atoms with Crippen molar-refractivity contribution < 1.29 is 17.9 Å². The van der Waals surface area contributed by atoms with E-state index in [4.69, 9.17) is 11.6 Å². The van der Waals surface area contributed by atoms with Crippen molar-refractivity contribution in [3.8, 4) is 17.1 Å². The lowest BCUT2D eigenvalue weighted by molar-refractivity contribution is -0.274. The zero-order valence-electron chi connectivity index (χ0n) is 10.2. The van der Waals surface area contributed by atoms with Gasteiger partial charge >= 0.3 is 6.36 Å². The second-order valence-corrected chi connectivity index (χ2v) is 4.41. The fraction of sp³-hybridized carbons (Fsp3) is 0.0833. The second-order valence-electron chi connectivity index (χ2n) is 4.02. The number of benzene rings is 1. The van der Waals surface area contributed by atoms with Crippen LogP contribution in [0.15, 0.2) is 36.4 Å². The van der Waals surface area contributed by atoms with Crippen molar-refractivity contribution in [2.75, 3.05) is 0 Å². The third kappa shape index (κ3) is 2.89. The van der Waals surface area contributed by atoms with Gasteiger partial charge in [0, 0.05) is 5.56 Å². The van der Waals surface area contributed by atoms with Crippen LogP contribution in [0.1, 0.15) is 0 Å². The first-order valence-electron chi connectivity index (χ1n) is 5.66. The third-order valence-electron chi connectivity index (χ3n) is 2.58. The number of halogens is 4. The summed E-state index contributed by atoms with van der Waals surface area (Å²) in [6.07, 6.45) is -4.72. The number of alkyl halides is 3. The standard InChI is InChI=1S/C12H6ClF3N4O/c13-9-5-6-10-17-18-11(20(10)19-9)7-1-3-8(4-2-7)21-12(14,15)16/h1-6H. The lowest BCUT2D eigenvalue weighted by Gasteiger charge is -2.08. The normalized spacial score (nSPS) is 11.8. The molecule has 0 fully saturated rings. The van der Waals surface area contributed by atoms with E-state index in [9.17, 15) is 13.2 Å². The summed E-state index contributed by atoms with van der Waals surface area (Å²) in [6.45, 7) is 0. The minimum Gasteiger partial charge on any atom is -0.406 e. The van der Waals surface area contributed by atoms with Crippen LogP contribution in [-0.2, 0) is 0 Å². The van der Waals surface area contributed by atoms with Crippen molar-refractivity contribution in [2.45, 2.75) is 6.36 Å². The van der Waals surface area contributed by atoms with E-state index in [1.54, 1.807) is 12.1 Å². The van der Waals surface area contributed by atoms with Crippen LogP contribution in [0.2, 0.25) is 5.15 Å². The molecule has 2 aromatic heterocycles. The highest BCUT2D eigenvalue weighted by molar-refractivity contribution is 6.29. The summed E-state index contributed by atoms with van der Waals surface area (Å²) in [5, 5.41) is 12.1. The number of fused-ring (bicyclic) bond motifs is 1. The highest BCUT2D eigenvalue weighted by Crippen LogP contribution is 2.26. The zero-order chi connectivity index (χ0) is 15.0. The van der Waals surface area contributed by atoms with Gasteiger partial charge in [0.15, 0.2) is 11.5 Å². The molecule has 5 nitrogen and oxygen atoms in total. The molecule has 0 unspecified atom stereocenters. The van der Waals surface area contributed by atoms with Crippen molar-refractivity contribution in [1.82, 2.24) is 19.8 Å². The van der Waals surface area contributed by atoms with Crippen LogP contribution in [0.4, 0.5) is 13.2 Å². The lowest BCUT2D eigenvalue weighted by Crippen LogP contribution is -2.16. The Morgan fingerprint density at radius 2 is 1.71 bits per heavy atom. The van der Waals surface area contributed by atoms with Gasteiger partial charge in [-0.25, -0.2) is 0 Å². The average Bonchev–Trinajstić information content (AvgIpc) is 2.81. The van der Waals surface area contributed by atoms with Gasteiger partial charge in [-0.3, -0.25) is 0 Å². The maximum absolute atomic E-state index is 12.1. The molecule has 2 heterocycles. The molecule has 108 valence electrons. The monoisotopic (exact) mass is 314 g/mol. The van der Waals surface area contributed by atoms with Gasteiger partial charge in [-0.15, -0.1) is 23.4 Å². The molecule has 0 N–H and O–H groups in total. The molecule has 3 rings (SSSR count). The Balaban J connectivity index is 1.97. The molecule has 0 aliphatic rings. The molecule has 0 saturated heterocycles. The Morgan fingerprint density at radius 3 is 2.38 bits per heavy atom. The summed E-state index contributed by atoms with van der Waals surface area (Å²) in [5.74, 6) is 0.0529. The fourth-order valence-corrected chi connectivity index (χ4v) is 1.89. The summed E-state index contributed by atoms with van der Waals surface area (Å²) in [4.78, 5) is 0. The van der Waals surface area contributed by atoms with Crippen molar-refractivity contribution in [2.24, 2.45) is 0 Å². The maximum Gasteiger partial charge on any atom is 0.573 e. The summed E-state index contributed by atoms with van der Waals surface area (Å²) in [7, 11) is 0. The zero-order valence-corrected chi connectivity index (χ0v) is 10.9. The molecule has 0 radical (unpaired) electrons. The van der Waals surface area contributed by atoms with E-state index >= 15 is 0 Å². The molecule has 0 bridgehead atoms.